The van der Waals surface area contributed by atoms with Gasteiger partial charge in [-0.2, -0.15) is 0 Å². The Bertz CT molecular complexity index is 1250. The SMILES string of the molecule is CCCCCCCCCCCCCCCC(=O)O[C@@H](COP(=O)(O)OC1C(O)[C@H](O)C(OP(=O)(O)O)[C@H](O)[C@@H]1O)CC(=O)OCCCCCCCCCCCCC(=O)CCC. The lowest BCUT2D eigenvalue weighted by Crippen LogP contribution is -2.64. The molecule has 4 unspecified atom stereocenters. The normalized spacial score (nSPS) is 22.1. The molecule has 61 heavy (non-hydrogen) atoms. The van der Waals surface area contributed by atoms with Gasteiger partial charge in [-0.1, -0.05) is 142 Å². The van der Waals surface area contributed by atoms with E-state index < -0.39 is 83.3 Å². The van der Waals surface area contributed by atoms with Crippen molar-refractivity contribution < 1.29 is 81.7 Å². The van der Waals surface area contributed by atoms with Crippen LogP contribution in [0.25, 0.3) is 0 Å². The molecule has 1 saturated carbocycles. The molecule has 1 aliphatic rings. The van der Waals surface area contributed by atoms with E-state index in [0.717, 1.165) is 89.9 Å². The number of unbranched alkanes of at least 4 members (excludes halogenated alkanes) is 21. The number of hydrogen-bond acceptors (Lipinski definition) is 14. The van der Waals surface area contributed by atoms with Crippen molar-refractivity contribution >= 4 is 33.4 Å². The number of carbonyl (C=O) groups is 3. The predicted molar refractivity (Wildman–Crippen MR) is 228 cm³/mol. The predicted octanol–water partition coefficient (Wildman–Crippen LogP) is 7.41. The van der Waals surface area contributed by atoms with E-state index in [1.807, 2.05) is 6.92 Å². The fourth-order valence-corrected chi connectivity index (χ4v) is 8.83. The molecule has 0 amide bonds. The monoisotopic (exact) mass is 918 g/mol. The van der Waals surface area contributed by atoms with Crippen LogP contribution in [0.1, 0.15) is 194 Å². The average Bonchev–Trinajstić information content (AvgIpc) is 3.19. The van der Waals surface area contributed by atoms with Gasteiger partial charge in [-0.25, -0.2) is 9.13 Å². The van der Waals surface area contributed by atoms with Gasteiger partial charge >= 0.3 is 27.6 Å². The number of aliphatic hydroxyl groups excluding tert-OH is 4. The first-order valence-electron chi connectivity index (χ1n) is 23.0. The lowest BCUT2D eigenvalue weighted by Gasteiger charge is -2.43. The van der Waals surface area contributed by atoms with E-state index in [9.17, 15) is 48.8 Å². The number of phosphoric ester groups is 2. The van der Waals surface area contributed by atoms with Crippen molar-refractivity contribution in [1.29, 1.82) is 0 Å². The van der Waals surface area contributed by atoms with Crippen LogP contribution in [0.3, 0.4) is 0 Å². The smallest absolute Gasteiger partial charge is 0.466 e. The molecule has 7 N–H and O–H groups in total. The van der Waals surface area contributed by atoms with Gasteiger partial charge in [0.2, 0.25) is 0 Å². The molecule has 360 valence electrons. The van der Waals surface area contributed by atoms with Crippen LogP contribution in [-0.4, -0.2) is 109 Å². The molecule has 0 radical (unpaired) electrons. The van der Waals surface area contributed by atoms with E-state index in [-0.39, 0.29) is 13.0 Å². The van der Waals surface area contributed by atoms with Crippen LogP contribution < -0.4 is 0 Å². The highest BCUT2D eigenvalue weighted by Gasteiger charge is 2.54. The molecule has 1 rings (SSSR count). The van der Waals surface area contributed by atoms with Gasteiger partial charge in [0.1, 0.15) is 48.5 Å². The lowest BCUT2D eigenvalue weighted by molar-refractivity contribution is -0.216. The van der Waals surface area contributed by atoms with Crippen LogP contribution in [0.15, 0.2) is 0 Å². The number of ketones is 1. The Morgan fingerprint density at radius 2 is 0.918 bits per heavy atom. The number of carbonyl (C=O) groups excluding carboxylic acids is 3. The minimum Gasteiger partial charge on any atom is -0.466 e. The molecule has 19 heteroatoms. The Morgan fingerprint density at radius 3 is 1.36 bits per heavy atom. The fourth-order valence-electron chi connectivity index (χ4n) is 7.29. The van der Waals surface area contributed by atoms with Crippen molar-refractivity contribution in [3.05, 3.63) is 0 Å². The van der Waals surface area contributed by atoms with E-state index in [1.165, 1.54) is 51.4 Å². The largest absolute Gasteiger partial charge is 0.472 e. The number of phosphoric acid groups is 2. The highest BCUT2D eigenvalue weighted by Crippen LogP contribution is 2.48. The van der Waals surface area contributed by atoms with Gasteiger partial charge < -0.3 is 44.6 Å². The van der Waals surface area contributed by atoms with Gasteiger partial charge in [0.15, 0.2) is 0 Å². The first-order valence-corrected chi connectivity index (χ1v) is 26.0. The van der Waals surface area contributed by atoms with Gasteiger partial charge in [0.05, 0.1) is 19.6 Å². The molecular weight excluding hydrogens is 838 g/mol. The molecule has 0 heterocycles. The maximum absolute atomic E-state index is 12.9. The first-order chi connectivity index (χ1) is 29.0. The van der Waals surface area contributed by atoms with Gasteiger partial charge in [-0.05, 0) is 25.7 Å². The molecule has 0 aliphatic heterocycles. The van der Waals surface area contributed by atoms with E-state index in [4.69, 9.17) is 28.3 Å². The van der Waals surface area contributed by atoms with Crippen molar-refractivity contribution in [2.24, 2.45) is 0 Å². The van der Waals surface area contributed by atoms with Gasteiger partial charge in [-0.3, -0.25) is 28.0 Å². The maximum atomic E-state index is 12.9. The summed E-state index contributed by atoms with van der Waals surface area (Å²) in [4.78, 5) is 65.7. The van der Waals surface area contributed by atoms with Crippen LogP contribution >= 0.6 is 15.6 Å². The molecule has 17 nitrogen and oxygen atoms in total. The number of aliphatic hydroxyl groups is 4. The second-order valence-corrected chi connectivity index (χ2v) is 19.1. The summed E-state index contributed by atoms with van der Waals surface area (Å²) in [5.74, 6) is -1.06. The summed E-state index contributed by atoms with van der Waals surface area (Å²) in [5, 5.41) is 41.4. The highest BCUT2D eigenvalue weighted by atomic mass is 31.2. The molecule has 0 aromatic heterocycles. The summed E-state index contributed by atoms with van der Waals surface area (Å²) in [6.07, 6.45) is 11.4. The Kier molecular flexibility index (Phi) is 32.2. The van der Waals surface area contributed by atoms with Crippen molar-refractivity contribution in [2.75, 3.05) is 13.2 Å². The maximum Gasteiger partial charge on any atom is 0.472 e. The minimum absolute atomic E-state index is 0.0325. The topological polar surface area (TPSA) is 273 Å². The number of Topliss-reactive ketones (excluding diaryl/α,β-unsaturated/α-hetero) is 1. The number of ether oxygens (including phenoxy) is 2. The van der Waals surface area contributed by atoms with Crippen LogP contribution in [0.5, 0.6) is 0 Å². The Hall–Kier alpha value is -1.33. The van der Waals surface area contributed by atoms with Gasteiger partial charge in [0.25, 0.3) is 0 Å². The number of hydrogen-bond donors (Lipinski definition) is 7. The van der Waals surface area contributed by atoms with Gasteiger partial charge in [0, 0.05) is 19.3 Å². The molecule has 0 saturated heterocycles. The molecule has 0 bridgehead atoms. The molecule has 1 aliphatic carbocycles. The number of rotatable bonds is 39. The molecular formula is C42H80O17P2. The van der Waals surface area contributed by atoms with Crippen LogP contribution in [0, 0.1) is 0 Å². The minimum atomic E-state index is -5.31. The number of esters is 2. The third kappa shape index (κ3) is 29.0. The molecule has 0 aromatic rings. The zero-order valence-electron chi connectivity index (χ0n) is 36.9. The van der Waals surface area contributed by atoms with Crippen LogP contribution in [0.2, 0.25) is 0 Å². The average molecular weight is 919 g/mol. The van der Waals surface area contributed by atoms with E-state index in [2.05, 4.69) is 11.4 Å². The molecule has 1 fully saturated rings. The van der Waals surface area contributed by atoms with Crippen molar-refractivity contribution in [1.82, 2.24) is 0 Å². The van der Waals surface area contributed by atoms with Crippen molar-refractivity contribution in [3.8, 4) is 0 Å². The van der Waals surface area contributed by atoms with Gasteiger partial charge in [-0.15, -0.1) is 0 Å². The third-order valence-corrected chi connectivity index (χ3v) is 12.3. The summed E-state index contributed by atoms with van der Waals surface area (Å²) in [6.45, 7) is 3.49. The quantitative estimate of drug-likeness (QED) is 0.0180. The van der Waals surface area contributed by atoms with E-state index in [0.29, 0.717) is 31.5 Å². The lowest BCUT2D eigenvalue weighted by atomic mass is 9.85. The standard InChI is InChI=1S/C42H80O17P2/c1-3-5-6-7-8-9-10-11-12-16-19-22-25-29-35(44)57-34(31-36(45)55-30-26-23-20-17-14-13-15-18-21-24-28-33(43)27-4-2)32-56-61(53,54)59-42-39(48)37(46)41(38(47)40(42)49)58-60(50,51)52/h34,37-42,46-49H,3-32H2,1-2H3,(H,53,54)(H2,50,51,52)/t34-,37-,38+,39+,40?,41?,42?/m1/s1. The third-order valence-electron chi connectivity index (χ3n) is 10.8. The Labute approximate surface area is 363 Å². The highest BCUT2D eigenvalue weighted by molar-refractivity contribution is 7.47. The Balaban J connectivity index is 2.58. The summed E-state index contributed by atoms with van der Waals surface area (Å²) in [6, 6.07) is 0. The zero-order chi connectivity index (χ0) is 45.5. The van der Waals surface area contributed by atoms with Crippen LogP contribution in [0.4, 0.5) is 0 Å². The first kappa shape index (κ1) is 57.7. The fraction of sp³-hybridized carbons (Fsp3) is 0.929. The molecule has 8 atom stereocenters. The van der Waals surface area contributed by atoms with Crippen LogP contribution in [-0.2, 0) is 46.6 Å². The summed E-state index contributed by atoms with van der Waals surface area (Å²) >= 11 is 0. The molecule has 0 aromatic carbocycles. The van der Waals surface area contributed by atoms with Crippen molar-refractivity contribution in [3.63, 3.8) is 0 Å². The summed E-state index contributed by atoms with van der Waals surface area (Å²) < 4.78 is 49.1. The second-order valence-electron chi connectivity index (χ2n) is 16.5. The summed E-state index contributed by atoms with van der Waals surface area (Å²) in [5.41, 5.74) is 0. The second kappa shape index (κ2) is 34.1. The van der Waals surface area contributed by atoms with E-state index in [1.54, 1.807) is 0 Å². The van der Waals surface area contributed by atoms with Crippen molar-refractivity contribution in [2.45, 2.75) is 236 Å². The van der Waals surface area contributed by atoms with E-state index >= 15 is 0 Å². The molecule has 0 spiro atoms. The summed E-state index contributed by atoms with van der Waals surface area (Å²) in [7, 11) is -10.6. The zero-order valence-corrected chi connectivity index (χ0v) is 38.7. The Morgan fingerprint density at radius 1 is 0.508 bits per heavy atom.